The maximum Gasteiger partial charge on any atom is 0.241 e. The van der Waals surface area contributed by atoms with E-state index in [1.807, 2.05) is 6.92 Å². The summed E-state index contributed by atoms with van der Waals surface area (Å²) in [4.78, 5) is 10.2. The molecule has 0 saturated heterocycles. The SMILES string of the molecule is CCO/C(C)=C\C(C)=O.CS(=O)(=O)NCc1csc(N)c1S(N)(=O)=O. The third-order valence-electron chi connectivity index (χ3n) is 2.43. The fourth-order valence-electron chi connectivity index (χ4n) is 1.61. The zero-order valence-electron chi connectivity index (χ0n) is 14.4. The molecular weight excluding hydrogens is 390 g/mol. The number of ketones is 1. The first-order valence-corrected chi connectivity index (χ1v) is 11.2. The van der Waals surface area contributed by atoms with E-state index >= 15 is 0 Å². The predicted molar refractivity (Wildman–Crippen MR) is 97.9 cm³/mol. The monoisotopic (exact) mass is 413 g/mol. The molecule has 0 fully saturated rings. The smallest absolute Gasteiger partial charge is 0.241 e. The number of nitrogens with two attached hydrogens (primary N) is 2. The Balaban J connectivity index is 0.000000547. The van der Waals surface area contributed by atoms with E-state index in [0.29, 0.717) is 12.4 Å². The molecule has 0 aliphatic rings. The largest absolute Gasteiger partial charge is 0.498 e. The molecule has 0 aliphatic heterocycles. The second kappa shape index (κ2) is 9.87. The first-order chi connectivity index (χ1) is 11.3. The van der Waals surface area contributed by atoms with Crippen LogP contribution in [0, 0.1) is 0 Å². The summed E-state index contributed by atoms with van der Waals surface area (Å²) >= 11 is 0.992. The van der Waals surface area contributed by atoms with Crippen molar-refractivity contribution in [2.24, 2.45) is 5.14 Å². The number of carbonyl (C=O) groups excluding carboxylic acids is 1. The maximum absolute atomic E-state index is 11.2. The second-order valence-electron chi connectivity index (χ2n) is 4.89. The van der Waals surface area contributed by atoms with Crippen molar-refractivity contribution in [3.05, 3.63) is 22.8 Å². The van der Waals surface area contributed by atoms with Gasteiger partial charge < -0.3 is 10.5 Å². The van der Waals surface area contributed by atoms with E-state index in [0.717, 1.165) is 17.6 Å². The molecule has 0 unspecified atom stereocenters. The van der Waals surface area contributed by atoms with E-state index in [2.05, 4.69) is 4.72 Å². The van der Waals surface area contributed by atoms with Crippen LogP contribution in [0.15, 0.2) is 22.1 Å². The average molecular weight is 414 g/mol. The number of allylic oxidation sites excluding steroid dienone is 2. The van der Waals surface area contributed by atoms with Gasteiger partial charge in [0, 0.05) is 12.6 Å². The summed E-state index contributed by atoms with van der Waals surface area (Å²) in [6, 6.07) is 0. The molecule has 5 N–H and O–H groups in total. The summed E-state index contributed by atoms with van der Waals surface area (Å²) in [5, 5.41) is 6.46. The molecule has 12 heteroatoms. The van der Waals surface area contributed by atoms with Crippen molar-refractivity contribution >= 4 is 42.2 Å². The van der Waals surface area contributed by atoms with Crippen LogP contribution in [0.4, 0.5) is 5.00 Å². The topological polar surface area (TPSA) is 159 Å². The van der Waals surface area contributed by atoms with Crippen molar-refractivity contribution in [1.82, 2.24) is 4.72 Å². The van der Waals surface area contributed by atoms with Crippen LogP contribution in [-0.4, -0.2) is 35.5 Å². The van der Waals surface area contributed by atoms with Crippen molar-refractivity contribution in [1.29, 1.82) is 0 Å². The minimum Gasteiger partial charge on any atom is -0.498 e. The molecule has 0 saturated carbocycles. The lowest BCUT2D eigenvalue weighted by Crippen LogP contribution is -2.23. The van der Waals surface area contributed by atoms with E-state index in [9.17, 15) is 21.6 Å². The van der Waals surface area contributed by atoms with Crippen LogP contribution >= 0.6 is 11.3 Å². The fraction of sp³-hybridized carbons (Fsp3) is 0.462. The molecule has 0 bridgehead atoms. The van der Waals surface area contributed by atoms with Gasteiger partial charge in [-0.2, -0.15) is 0 Å². The lowest BCUT2D eigenvalue weighted by Gasteiger charge is -2.03. The van der Waals surface area contributed by atoms with Gasteiger partial charge in [-0.25, -0.2) is 26.7 Å². The number of nitrogens with one attached hydrogen (secondary N) is 1. The van der Waals surface area contributed by atoms with Gasteiger partial charge in [-0.15, -0.1) is 11.3 Å². The van der Waals surface area contributed by atoms with Crippen molar-refractivity contribution in [3.63, 3.8) is 0 Å². The van der Waals surface area contributed by atoms with Gasteiger partial charge in [0.2, 0.25) is 20.0 Å². The number of rotatable bonds is 7. The van der Waals surface area contributed by atoms with Crippen LogP contribution < -0.4 is 15.6 Å². The number of sulfonamides is 2. The fourth-order valence-corrected chi connectivity index (χ4v) is 4.08. The highest BCUT2D eigenvalue weighted by molar-refractivity contribution is 7.89. The molecule has 25 heavy (non-hydrogen) atoms. The molecule has 9 nitrogen and oxygen atoms in total. The highest BCUT2D eigenvalue weighted by atomic mass is 32.2. The molecule has 0 radical (unpaired) electrons. The maximum atomic E-state index is 11.2. The van der Waals surface area contributed by atoms with Crippen LogP contribution in [0.5, 0.6) is 0 Å². The van der Waals surface area contributed by atoms with Crippen molar-refractivity contribution in [3.8, 4) is 0 Å². The number of primary sulfonamides is 1. The number of anilines is 1. The molecule has 1 aromatic heterocycles. The van der Waals surface area contributed by atoms with Crippen LogP contribution in [0.3, 0.4) is 0 Å². The molecule has 0 amide bonds. The molecule has 1 rings (SSSR count). The van der Waals surface area contributed by atoms with Gasteiger partial charge in [0.1, 0.15) is 9.90 Å². The molecule has 0 spiro atoms. The van der Waals surface area contributed by atoms with Gasteiger partial charge in [0.05, 0.1) is 18.6 Å². The number of ether oxygens (including phenoxy) is 1. The van der Waals surface area contributed by atoms with Gasteiger partial charge in [-0.3, -0.25) is 4.79 Å². The molecule has 144 valence electrons. The van der Waals surface area contributed by atoms with E-state index < -0.39 is 20.0 Å². The van der Waals surface area contributed by atoms with Crippen molar-refractivity contribution in [2.45, 2.75) is 32.2 Å². The Labute approximate surface area is 152 Å². The third kappa shape index (κ3) is 10.2. The molecule has 0 aliphatic carbocycles. The van der Waals surface area contributed by atoms with Gasteiger partial charge in [0.15, 0.2) is 5.78 Å². The van der Waals surface area contributed by atoms with Gasteiger partial charge in [0.25, 0.3) is 0 Å². The molecule has 1 heterocycles. The van der Waals surface area contributed by atoms with Gasteiger partial charge >= 0.3 is 0 Å². The van der Waals surface area contributed by atoms with E-state index in [1.165, 1.54) is 18.4 Å². The summed E-state index contributed by atoms with van der Waals surface area (Å²) in [5.74, 6) is 0.714. The van der Waals surface area contributed by atoms with Gasteiger partial charge in [-0.05, 0) is 31.7 Å². The van der Waals surface area contributed by atoms with E-state index in [-0.39, 0.29) is 27.8 Å². The zero-order valence-corrected chi connectivity index (χ0v) is 16.8. The summed E-state index contributed by atoms with van der Waals surface area (Å²) in [7, 11) is -7.34. The Bertz CT molecular complexity index is 825. The highest BCUT2D eigenvalue weighted by Crippen LogP contribution is 2.28. The summed E-state index contributed by atoms with van der Waals surface area (Å²) in [5.41, 5.74) is 5.69. The summed E-state index contributed by atoms with van der Waals surface area (Å²) < 4.78 is 51.2. The first-order valence-electron chi connectivity index (χ1n) is 6.92. The first kappa shape index (κ1) is 23.5. The number of hydrogen-bond donors (Lipinski definition) is 3. The highest BCUT2D eigenvalue weighted by Gasteiger charge is 2.20. The summed E-state index contributed by atoms with van der Waals surface area (Å²) in [6.45, 7) is 5.62. The number of thiophene rings is 1. The van der Waals surface area contributed by atoms with Gasteiger partial charge in [-0.1, -0.05) is 0 Å². The number of hydrogen-bond acceptors (Lipinski definition) is 8. The van der Waals surface area contributed by atoms with Crippen LogP contribution in [-0.2, 0) is 36.1 Å². The van der Waals surface area contributed by atoms with Crippen LogP contribution in [0.2, 0.25) is 0 Å². The lowest BCUT2D eigenvalue weighted by atomic mass is 10.3. The lowest BCUT2D eigenvalue weighted by molar-refractivity contribution is -0.112. The minimum absolute atomic E-state index is 0.0287. The Morgan fingerprint density at radius 3 is 2.28 bits per heavy atom. The molecule has 0 aromatic carbocycles. The zero-order chi connectivity index (χ0) is 19.8. The Hall–Kier alpha value is -1.47. The molecule has 0 atom stereocenters. The standard InChI is InChI=1S/C7H12O2.C6H11N3O4S3/c1-4-9-7(3)5-6(2)8;1-15(10,11)9-2-4-3-14-6(7)5(4)16(8,12)13/h5H,4H2,1-3H3;3,9H,2,7H2,1H3,(H2,8,12,13)/b7-5-;. The molecular formula is C13H23N3O6S3. The van der Waals surface area contributed by atoms with E-state index in [1.54, 1.807) is 6.92 Å². The Morgan fingerprint density at radius 2 is 1.88 bits per heavy atom. The molecule has 1 aromatic rings. The predicted octanol–water partition coefficient (Wildman–Crippen LogP) is 0.543. The average Bonchev–Trinajstić information content (AvgIpc) is 2.76. The van der Waals surface area contributed by atoms with Crippen LogP contribution in [0.1, 0.15) is 26.3 Å². The number of nitrogen functional groups attached to an aromatic ring is 1. The Morgan fingerprint density at radius 1 is 1.32 bits per heavy atom. The normalized spacial score (nSPS) is 12.3. The van der Waals surface area contributed by atoms with E-state index in [4.69, 9.17) is 15.6 Å². The van der Waals surface area contributed by atoms with Crippen molar-refractivity contribution < 1.29 is 26.4 Å². The van der Waals surface area contributed by atoms with Crippen LogP contribution in [0.25, 0.3) is 0 Å². The quantitative estimate of drug-likeness (QED) is 0.434. The Kier molecular flexibility index (Phi) is 9.29. The number of carbonyl (C=O) groups is 1. The minimum atomic E-state index is -3.94. The van der Waals surface area contributed by atoms with Crippen molar-refractivity contribution in [2.75, 3.05) is 18.6 Å². The second-order valence-corrected chi connectivity index (χ2v) is 9.13. The summed E-state index contributed by atoms with van der Waals surface area (Å²) in [6.07, 6.45) is 2.45. The third-order valence-corrected chi connectivity index (χ3v) is 5.14.